The molecule has 1 N–H and O–H groups in total. The lowest BCUT2D eigenvalue weighted by molar-refractivity contribution is -0.326. The van der Waals surface area contributed by atoms with Crippen molar-refractivity contribution in [2.75, 3.05) is 26.8 Å². The van der Waals surface area contributed by atoms with Gasteiger partial charge >= 0.3 is 18.6 Å². The largest absolute Gasteiger partial charge is 0.522 e. The molecule has 2 amide bonds. The second-order valence-corrected chi connectivity index (χ2v) is 8.97. The van der Waals surface area contributed by atoms with Crippen LogP contribution in [0.25, 0.3) is 10.2 Å². The first-order chi connectivity index (χ1) is 16.3. The van der Waals surface area contributed by atoms with Gasteiger partial charge in [0, 0.05) is 37.9 Å². The van der Waals surface area contributed by atoms with E-state index in [9.17, 15) is 35.9 Å². The molecule has 0 aromatic carbocycles. The maximum atomic E-state index is 13.6. The first kappa shape index (κ1) is 25.3. The van der Waals surface area contributed by atoms with E-state index in [-0.39, 0.29) is 34.5 Å². The Labute approximate surface area is 198 Å². The highest BCUT2D eigenvalue weighted by molar-refractivity contribution is 7.17. The van der Waals surface area contributed by atoms with Crippen LogP contribution in [0.3, 0.4) is 0 Å². The molecule has 1 saturated carbocycles. The van der Waals surface area contributed by atoms with Crippen LogP contribution in [0.1, 0.15) is 35.2 Å². The number of likely N-dealkylation sites (tertiary alicyclic amines) is 1. The van der Waals surface area contributed by atoms with Gasteiger partial charge in [-0.1, -0.05) is 0 Å². The maximum Gasteiger partial charge on any atom is 0.522 e. The number of ether oxygens (including phenoxy) is 3. The van der Waals surface area contributed by atoms with E-state index < -0.39 is 55.0 Å². The third kappa shape index (κ3) is 5.10. The Balaban J connectivity index is 1.41. The molecule has 15 heteroatoms. The Morgan fingerprint density at radius 1 is 1.23 bits per heavy atom. The Morgan fingerprint density at radius 2 is 1.94 bits per heavy atom. The van der Waals surface area contributed by atoms with Gasteiger partial charge in [-0.25, -0.2) is 9.78 Å². The quantitative estimate of drug-likeness (QED) is 0.444. The number of hydrogen-bond donors (Lipinski definition) is 1. The van der Waals surface area contributed by atoms with Gasteiger partial charge in [-0.3, -0.25) is 9.53 Å². The summed E-state index contributed by atoms with van der Waals surface area (Å²) in [6.45, 7) is -1.08. The van der Waals surface area contributed by atoms with E-state index in [0.717, 1.165) is 17.4 Å². The lowest BCUT2D eigenvalue weighted by Gasteiger charge is -2.59. The van der Waals surface area contributed by atoms with Gasteiger partial charge < -0.3 is 19.7 Å². The molecule has 2 aromatic heterocycles. The number of aromatic nitrogens is 1. The minimum atomic E-state index is -4.82. The van der Waals surface area contributed by atoms with Crippen molar-refractivity contribution in [3.8, 4) is 5.88 Å². The number of hydrogen-bond acceptors (Lipinski definition) is 7. The molecule has 8 nitrogen and oxygen atoms in total. The number of nitrogens with zero attached hydrogens (tertiary/aromatic N) is 2. The fourth-order valence-electron chi connectivity index (χ4n) is 4.21. The number of carbonyl (C=O) groups excluding carboxylic acids is 2. The highest BCUT2D eigenvalue weighted by Crippen LogP contribution is 2.49. The van der Waals surface area contributed by atoms with Crippen LogP contribution in [-0.2, 0) is 15.7 Å². The smallest absolute Gasteiger partial charge is 0.474 e. The number of thiophene rings is 1. The van der Waals surface area contributed by atoms with Crippen molar-refractivity contribution < 1.29 is 50.1 Å². The minimum Gasteiger partial charge on any atom is -0.474 e. The summed E-state index contributed by atoms with van der Waals surface area (Å²) < 4.78 is 90.7. The second-order valence-electron chi connectivity index (χ2n) is 8.09. The SMILES string of the molecule is CNC(=O)c1csc2c(C(F)(F)F)cc(OC3CC4(CCN4C(=O)OCCOC(F)(F)F)C3)nc12. The predicted molar refractivity (Wildman–Crippen MR) is 109 cm³/mol. The number of carbonyl (C=O) groups is 2. The molecule has 1 aliphatic heterocycles. The minimum absolute atomic E-state index is 0.00375. The van der Waals surface area contributed by atoms with Crippen LogP contribution in [0.4, 0.5) is 31.1 Å². The summed E-state index contributed by atoms with van der Waals surface area (Å²) in [5, 5.41) is 3.66. The van der Waals surface area contributed by atoms with Crippen molar-refractivity contribution in [3.05, 3.63) is 22.6 Å². The van der Waals surface area contributed by atoms with Gasteiger partial charge in [-0.15, -0.1) is 24.5 Å². The van der Waals surface area contributed by atoms with E-state index in [1.165, 1.54) is 17.3 Å². The standard InChI is InChI=1S/C20H19F6N3O5S/c1-27-16(30)11-9-35-15-12(19(21,22)23)6-13(28-14(11)15)34-10-7-18(8-10)2-3-29(18)17(31)32-4-5-33-20(24,25)26/h6,9-10H,2-5,7-8H2,1H3,(H,27,30). The van der Waals surface area contributed by atoms with Gasteiger partial charge in [0.15, 0.2) is 0 Å². The van der Waals surface area contributed by atoms with E-state index in [4.69, 9.17) is 9.47 Å². The zero-order chi connectivity index (χ0) is 25.6. The van der Waals surface area contributed by atoms with Crippen molar-refractivity contribution in [1.82, 2.24) is 15.2 Å². The van der Waals surface area contributed by atoms with Crippen LogP contribution in [-0.4, -0.2) is 66.7 Å². The van der Waals surface area contributed by atoms with Crippen molar-refractivity contribution >= 4 is 33.6 Å². The first-order valence-electron chi connectivity index (χ1n) is 10.4. The summed E-state index contributed by atoms with van der Waals surface area (Å²) in [6, 6.07) is 0.783. The maximum absolute atomic E-state index is 13.6. The molecule has 2 aromatic rings. The summed E-state index contributed by atoms with van der Waals surface area (Å²) in [4.78, 5) is 29.7. The lowest BCUT2D eigenvalue weighted by atomic mass is 9.66. The Hall–Kier alpha value is -2.81. The molecule has 2 fully saturated rings. The molecule has 4 rings (SSSR count). The lowest BCUT2D eigenvalue weighted by Crippen LogP contribution is -2.70. The normalized spacial score (nSPS) is 22.0. The van der Waals surface area contributed by atoms with Crippen molar-refractivity contribution in [3.63, 3.8) is 0 Å². The number of alkyl halides is 6. The van der Waals surface area contributed by atoms with Gasteiger partial charge in [0.2, 0.25) is 5.88 Å². The third-order valence-corrected chi connectivity index (χ3v) is 6.95. The molecule has 0 radical (unpaired) electrons. The first-order valence-corrected chi connectivity index (χ1v) is 11.2. The monoisotopic (exact) mass is 527 g/mol. The Morgan fingerprint density at radius 3 is 2.51 bits per heavy atom. The predicted octanol–water partition coefficient (Wildman–Crippen LogP) is 4.33. The summed E-state index contributed by atoms with van der Waals surface area (Å²) in [5.41, 5.74) is -1.72. The molecular weight excluding hydrogens is 508 g/mol. The Bertz CT molecular complexity index is 1130. The highest BCUT2D eigenvalue weighted by atomic mass is 32.1. The van der Waals surface area contributed by atoms with Crippen LogP contribution >= 0.6 is 11.3 Å². The van der Waals surface area contributed by atoms with Gasteiger partial charge in [0.1, 0.15) is 12.7 Å². The van der Waals surface area contributed by atoms with Crippen molar-refractivity contribution in [1.29, 1.82) is 0 Å². The van der Waals surface area contributed by atoms with E-state index in [1.807, 2.05) is 0 Å². The highest BCUT2D eigenvalue weighted by Gasteiger charge is 2.57. The number of rotatable bonds is 6. The molecule has 1 spiro atoms. The molecule has 1 aliphatic carbocycles. The zero-order valence-electron chi connectivity index (χ0n) is 18.1. The molecule has 0 bridgehead atoms. The van der Waals surface area contributed by atoms with E-state index >= 15 is 0 Å². The molecule has 1 saturated heterocycles. The number of fused-ring (bicyclic) bond motifs is 1. The number of pyridine rings is 1. The van der Waals surface area contributed by atoms with Crippen LogP contribution in [0, 0.1) is 0 Å². The van der Waals surface area contributed by atoms with Gasteiger partial charge in [0.05, 0.1) is 33.5 Å². The van der Waals surface area contributed by atoms with Crippen LogP contribution < -0.4 is 10.1 Å². The molecule has 0 unspecified atom stereocenters. The second kappa shape index (κ2) is 9.00. The summed E-state index contributed by atoms with van der Waals surface area (Å²) >= 11 is 0.756. The molecule has 2 aliphatic rings. The molecule has 192 valence electrons. The van der Waals surface area contributed by atoms with Crippen molar-refractivity contribution in [2.24, 2.45) is 0 Å². The summed E-state index contributed by atoms with van der Waals surface area (Å²) in [6.07, 6.45) is -9.71. The zero-order valence-corrected chi connectivity index (χ0v) is 18.9. The number of nitrogens with one attached hydrogen (secondary N) is 1. The number of halogens is 6. The summed E-state index contributed by atoms with van der Waals surface area (Å²) in [5.74, 6) is -0.883. The van der Waals surface area contributed by atoms with Gasteiger partial charge in [-0.2, -0.15) is 13.2 Å². The topological polar surface area (TPSA) is 90.0 Å². The third-order valence-electron chi connectivity index (χ3n) is 5.95. The molecule has 35 heavy (non-hydrogen) atoms. The van der Waals surface area contributed by atoms with Crippen LogP contribution in [0.2, 0.25) is 0 Å². The van der Waals surface area contributed by atoms with E-state index in [0.29, 0.717) is 13.0 Å². The van der Waals surface area contributed by atoms with Crippen LogP contribution in [0.5, 0.6) is 5.88 Å². The van der Waals surface area contributed by atoms with Crippen molar-refractivity contribution in [2.45, 2.75) is 43.4 Å². The van der Waals surface area contributed by atoms with Crippen LogP contribution in [0.15, 0.2) is 11.4 Å². The average molecular weight is 527 g/mol. The van der Waals surface area contributed by atoms with E-state index in [1.54, 1.807) is 0 Å². The van der Waals surface area contributed by atoms with E-state index in [2.05, 4.69) is 15.0 Å². The summed E-state index contributed by atoms with van der Waals surface area (Å²) in [7, 11) is 1.35. The molecule has 0 atom stereocenters. The van der Waals surface area contributed by atoms with Gasteiger partial charge in [-0.05, 0) is 6.42 Å². The molecular formula is C20H19F6N3O5S. The Kier molecular flexibility index (Phi) is 6.51. The fraction of sp³-hybridized carbons (Fsp3) is 0.550. The molecule has 3 heterocycles. The average Bonchev–Trinajstić information content (AvgIpc) is 3.13. The number of amides is 2. The fourth-order valence-corrected chi connectivity index (χ4v) is 5.23. The van der Waals surface area contributed by atoms with Gasteiger partial charge in [0.25, 0.3) is 5.91 Å².